The smallest absolute Gasteiger partial charge is 0.303 e. The molecule has 2 nitrogen and oxygen atoms in total. The van der Waals surface area contributed by atoms with E-state index >= 15 is 0 Å². The maximum Gasteiger partial charge on any atom is 0.417 e. The first-order valence-electron chi connectivity index (χ1n) is 3.60. The van der Waals surface area contributed by atoms with Crippen molar-refractivity contribution in [1.82, 2.24) is 4.98 Å². The average molecular weight is 223 g/mol. The fourth-order valence-electron chi connectivity index (χ4n) is 0.869. The van der Waals surface area contributed by atoms with Gasteiger partial charge in [0.25, 0.3) is 0 Å². The van der Waals surface area contributed by atoms with E-state index in [0.29, 0.717) is 6.20 Å². The van der Waals surface area contributed by atoms with Gasteiger partial charge >= 0.3 is 6.18 Å². The van der Waals surface area contributed by atoms with Gasteiger partial charge in [-0.3, -0.25) is 4.98 Å². The number of hydrogen-bond donors (Lipinski definition) is 1. The van der Waals surface area contributed by atoms with Gasteiger partial charge < -0.3 is 5.41 Å². The van der Waals surface area contributed by atoms with Crippen LogP contribution in [0.15, 0.2) is 12.3 Å². The van der Waals surface area contributed by atoms with E-state index in [-0.39, 0.29) is 16.4 Å². The standard InChI is InChI=1S/C8H6ClF3N2/c1-4(13)7-6(9)2-5(3-14-7)8(10,11)12/h2-3,13H,1H3. The Balaban J connectivity index is 3.20. The van der Waals surface area contributed by atoms with Crippen LogP contribution < -0.4 is 0 Å². The van der Waals surface area contributed by atoms with Crippen molar-refractivity contribution < 1.29 is 13.2 Å². The van der Waals surface area contributed by atoms with E-state index in [1.54, 1.807) is 0 Å². The highest BCUT2D eigenvalue weighted by Gasteiger charge is 2.31. The van der Waals surface area contributed by atoms with Gasteiger partial charge in [0.2, 0.25) is 0 Å². The molecule has 14 heavy (non-hydrogen) atoms. The zero-order valence-corrected chi connectivity index (χ0v) is 7.87. The van der Waals surface area contributed by atoms with Gasteiger partial charge in [0, 0.05) is 6.20 Å². The predicted molar refractivity (Wildman–Crippen MR) is 46.8 cm³/mol. The monoisotopic (exact) mass is 222 g/mol. The molecule has 1 rings (SSSR count). The summed E-state index contributed by atoms with van der Waals surface area (Å²) >= 11 is 5.53. The first-order valence-corrected chi connectivity index (χ1v) is 3.98. The van der Waals surface area contributed by atoms with Crippen molar-refractivity contribution in [1.29, 1.82) is 5.41 Å². The molecule has 0 aliphatic heterocycles. The molecule has 0 aliphatic rings. The summed E-state index contributed by atoms with van der Waals surface area (Å²) in [6.45, 7) is 1.40. The summed E-state index contributed by atoms with van der Waals surface area (Å²) < 4.78 is 36.4. The van der Waals surface area contributed by atoms with Crippen molar-refractivity contribution in [3.63, 3.8) is 0 Å². The van der Waals surface area contributed by atoms with Crippen LogP contribution in [-0.4, -0.2) is 10.7 Å². The molecule has 0 aromatic carbocycles. The van der Waals surface area contributed by atoms with Gasteiger partial charge in [-0.2, -0.15) is 13.2 Å². The molecule has 1 N–H and O–H groups in total. The third-order valence-corrected chi connectivity index (χ3v) is 1.81. The molecule has 0 spiro atoms. The molecule has 1 aromatic heterocycles. The Bertz CT molecular complexity index is 373. The van der Waals surface area contributed by atoms with Gasteiger partial charge in [0.05, 0.1) is 16.3 Å². The summed E-state index contributed by atoms with van der Waals surface area (Å²) in [5, 5.41) is 7.01. The van der Waals surface area contributed by atoms with Crippen LogP contribution in [0.4, 0.5) is 13.2 Å². The van der Waals surface area contributed by atoms with Crippen molar-refractivity contribution in [3.05, 3.63) is 28.5 Å². The first-order chi connectivity index (χ1) is 6.32. The van der Waals surface area contributed by atoms with E-state index in [4.69, 9.17) is 17.0 Å². The number of pyridine rings is 1. The number of aromatic nitrogens is 1. The maximum absolute atomic E-state index is 12.1. The fourth-order valence-corrected chi connectivity index (χ4v) is 1.18. The lowest BCUT2D eigenvalue weighted by Gasteiger charge is -2.07. The quantitative estimate of drug-likeness (QED) is 0.728. The number of rotatable bonds is 1. The number of nitrogens with one attached hydrogen (secondary N) is 1. The van der Waals surface area contributed by atoms with Crippen LogP contribution in [0.2, 0.25) is 5.02 Å². The molecule has 0 unspecified atom stereocenters. The minimum Gasteiger partial charge on any atom is -0.303 e. The normalized spacial score (nSPS) is 11.5. The Morgan fingerprint density at radius 3 is 2.43 bits per heavy atom. The van der Waals surface area contributed by atoms with Gasteiger partial charge in [0.1, 0.15) is 5.69 Å². The summed E-state index contributed by atoms with van der Waals surface area (Å²) in [6.07, 6.45) is -3.79. The predicted octanol–water partition coefficient (Wildman–Crippen LogP) is 3.14. The zero-order chi connectivity index (χ0) is 10.9. The summed E-state index contributed by atoms with van der Waals surface area (Å²) in [4.78, 5) is 3.47. The van der Waals surface area contributed by atoms with Crippen molar-refractivity contribution in [2.45, 2.75) is 13.1 Å². The molecule has 0 atom stereocenters. The second-order valence-electron chi connectivity index (χ2n) is 2.68. The molecule has 0 fully saturated rings. The Hall–Kier alpha value is -1.10. The van der Waals surface area contributed by atoms with Crippen LogP contribution >= 0.6 is 11.6 Å². The van der Waals surface area contributed by atoms with E-state index in [1.165, 1.54) is 6.92 Å². The lowest BCUT2D eigenvalue weighted by molar-refractivity contribution is -0.137. The molecule has 0 amide bonds. The van der Waals surface area contributed by atoms with Gasteiger partial charge in [-0.25, -0.2) is 0 Å². The second-order valence-corrected chi connectivity index (χ2v) is 3.08. The van der Waals surface area contributed by atoms with Gasteiger partial charge in [-0.1, -0.05) is 11.6 Å². The van der Waals surface area contributed by atoms with E-state index < -0.39 is 11.7 Å². The van der Waals surface area contributed by atoms with Crippen LogP contribution in [0, 0.1) is 5.41 Å². The Morgan fingerprint density at radius 1 is 1.50 bits per heavy atom. The molecule has 6 heteroatoms. The highest BCUT2D eigenvalue weighted by molar-refractivity contribution is 6.33. The summed E-state index contributed by atoms with van der Waals surface area (Å²) in [7, 11) is 0. The minimum absolute atomic E-state index is 0.0312. The van der Waals surface area contributed by atoms with E-state index in [9.17, 15) is 13.2 Å². The van der Waals surface area contributed by atoms with Crippen LogP contribution in [0.25, 0.3) is 0 Å². The topological polar surface area (TPSA) is 36.7 Å². The highest BCUT2D eigenvalue weighted by Crippen LogP contribution is 2.30. The Morgan fingerprint density at radius 2 is 2.07 bits per heavy atom. The van der Waals surface area contributed by atoms with Crippen LogP contribution in [0.5, 0.6) is 0 Å². The Kier molecular flexibility index (Phi) is 2.80. The fraction of sp³-hybridized carbons (Fsp3) is 0.250. The van der Waals surface area contributed by atoms with Crippen LogP contribution in [-0.2, 0) is 6.18 Å². The van der Waals surface area contributed by atoms with E-state index in [2.05, 4.69) is 4.98 Å². The number of halogens is 4. The maximum atomic E-state index is 12.1. The first kappa shape index (κ1) is 11.0. The van der Waals surface area contributed by atoms with Crippen molar-refractivity contribution in [2.75, 3.05) is 0 Å². The molecular weight excluding hydrogens is 217 g/mol. The van der Waals surface area contributed by atoms with Gasteiger partial charge in [-0.15, -0.1) is 0 Å². The summed E-state index contributed by atoms with van der Waals surface area (Å²) in [5.74, 6) is 0. The van der Waals surface area contributed by atoms with Crippen LogP contribution in [0.3, 0.4) is 0 Å². The van der Waals surface area contributed by atoms with Gasteiger partial charge in [-0.05, 0) is 13.0 Å². The van der Waals surface area contributed by atoms with Crippen molar-refractivity contribution >= 4 is 17.3 Å². The second kappa shape index (κ2) is 3.57. The molecule has 1 heterocycles. The highest BCUT2D eigenvalue weighted by atomic mass is 35.5. The average Bonchev–Trinajstić information content (AvgIpc) is 2.01. The van der Waals surface area contributed by atoms with Crippen molar-refractivity contribution in [3.8, 4) is 0 Å². The molecule has 0 aliphatic carbocycles. The number of nitrogens with zero attached hydrogens (tertiary/aromatic N) is 1. The summed E-state index contributed by atoms with van der Waals surface area (Å²) in [6, 6.07) is 0.766. The lowest BCUT2D eigenvalue weighted by Crippen LogP contribution is -2.08. The molecule has 0 radical (unpaired) electrons. The largest absolute Gasteiger partial charge is 0.417 e. The number of hydrogen-bond acceptors (Lipinski definition) is 2. The SMILES string of the molecule is CC(=N)c1ncc(C(F)(F)F)cc1Cl. The number of alkyl halides is 3. The molecule has 1 aromatic rings. The molecular formula is C8H6ClF3N2. The zero-order valence-electron chi connectivity index (χ0n) is 7.11. The Labute approximate surface area is 83.2 Å². The molecule has 0 saturated carbocycles. The molecule has 76 valence electrons. The van der Waals surface area contributed by atoms with E-state index in [0.717, 1.165) is 6.07 Å². The lowest BCUT2D eigenvalue weighted by atomic mass is 10.2. The third kappa shape index (κ3) is 2.23. The summed E-state index contributed by atoms with van der Waals surface area (Å²) in [5.41, 5.74) is -0.809. The van der Waals surface area contributed by atoms with E-state index in [1.807, 2.05) is 0 Å². The van der Waals surface area contributed by atoms with Crippen molar-refractivity contribution in [2.24, 2.45) is 0 Å². The van der Waals surface area contributed by atoms with Gasteiger partial charge in [0.15, 0.2) is 0 Å². The molecule has 0 saturated heterocycles. The molecule has 0 bridgehead atoms. The third-order valence-electron chi connectivity index (χ3n) is 1.52. The van der Waals surface area contributed by atoms with Crippen LogP contribution in [0.1, 0.15) is 18.2 Å². The minimum atomic E-state index is -4.45.